The smallest absolute Gasteiger partial charge is 0.236 e. The van der Waals surface area contributed by atoms with E-state index in [1.165, 1.54) is 24.8 Å². The minimum absolute atomic E-state index is 0.115. The summed E-state index contributed by atoms with van der Waals surface area (Å²) in [5, 5.41) is 0. The first-order valence-electron chi connectivity index (χ1n) is 17.3. The number of methoxy groups -OCH3 is 1. The van der Waals surface area contributed by atoms with E-state index in [0.29, 0.717) is 35.0 Å². The molecule has 6 rings (SSSR count). The number of nitrogens with one attached hydrogen (secondary N) is 1. The highest BCUT2D eigenvalue weighted by Crippen LogP contribution is 2.40. The van der Waals surface area contributed by atoms with E-state index in [9.17, 15) is 4.21 Å². The molecule has 0 radical (unpaired) electrons. The van der Waals surface area contributed by atoms with Gasteiger partial charge in [-0.2, -0.15) is 0 Å². The van der Waals surface area contributed by atoms with Crippen LogP contribution in [0.15, 0.2) is 59.8 Å². The largest absolute Gasteiger partial charge is 0.493 e. The second-order valence-electron chi connectivity index (χ2n) is 15.0. The van der Waals surface area contributed by atoms with Crippen LogP contribution in [-0.4, -0.2) is 44.3 Å². The van der Waals surface area contributed by atoms with Gasteiger partial charge in [-0.1, -0.05) is 51.1 Å². The summed E-state index contributed by atoms with van der Waals surface area (Å²) in [5.41, 5.74) is 7.10. The van der Waals surface area contributed by atoms with Gasteiger partial charge in [0.25, 0.3) is 0 Å². The van der Waals surface area contributed by atoms with E-state index in [1.807, 2.05) is 24.5 Å². The normalized spacial score (nSPS) is 20.0. The van der Waals surface area contributed by atoms with E-state index in [0.717, 1.165) is 65.3 Å². The van der Waals surface area contributed by atoms with Gasteiger partial charge in [0.05, 0.1) is 29.6 Å². The Morgan fingerprint density at radius 3 is 2.42 bits per heavy atom. The van der Waals surface area contributed by atoms with Gasteiger partial charge in [0.15, 0.2) is 16.7 Å². The Kier molecular flexibility index (Phi) is 10.2. The van der Waals surface area contributed by atoms with Crippen LogP contribution < -0.4 is 14.4 Å². The highest BCUT2D eigenvalue weighted by atomic mass is 32.2. The molecule has 8 nitrogen and oxygen atoms in total. The molecule has 0 amide bonds. The number of nitrogens with zero attached hydrogens (tertiary/aromatic N) is 5. The van der Waals surface area contributed by atoms with Crippen LogP contribution in [0.4, 0.5) is 11.8 Å². The zero-order valence-electron chi connectivity index (χ0n) is 29.5. The lowest BCUT2D eigenvalue weighted by molar-refractivity contribution is 0.205. The molecular formula is C39H50N6O2S. The first-order chi connectivity index (χ1) is 23.0. The van der Waals surface area contributed by atoms with E-state index in [4.69, 9.17) is 19.7 Å². The van der Waals surface area contributed by atoms with Crippen molar-refractivity contribution in [1.82, 2.24) is 19.9 Å². The van der Waals surface area contributed by atoms with Gasteiger partial charge in [0.1, 0.15) is 11.5 Å². The molecule has 1 aliphatic heterocycles. The highest BCUT2D eigenvalue weighted by molar-refractivity contribution is 7.86. The van der Waals surface area contributed by atoms with Crippen LogP contribution in [0.3, 0.4) is 0 Å². The van der Waals surface area contributed by atoms with Crippen molar-refractivity contribution < 1.29 is 8.95 Å². The average molecular weight is 667 g/mol. The Hall–Kier alpha value is -3.85. The second kappa shape index (κ2) is 14.3. The SMILES string of the molecule is COc1c2nc(nc1-c1c(C)cccc1C)NS(=O)c1cccc(c1)CC(Cc1cncc(N(C)C3CCC3)n1)[C@H](CC(C)(C)C)CC2. The van der Waals surface area contributed by atoms with E-state index >= 15 is 0 Å². The van der Waals surface area contributed by atoms with E-state index in [2.05, 4.69) is 86.6 Å². The maximum absolute atomic E-state index is 13.8. The molecule has 0 spiro atoms. The summed E-state index contributed by atoms with van der Waals surface area (Å²) >= 11 is 0. The standard InChI is InChI=1S/C39H50N6O2S/c1-25-11-8-12-26(2)35(25)36-37(47-7)33-18-17-28(22-39(3,4)5)29(21-30-23-40-24-34(41-30)45(6)31-14-10-15-31)19-27-13-9-16-32(20-27)48(46)44-38(42-33)43-36/h8-9,11-13,16,20,23-24,28-29,31H,10,14-15,17-19,21-22H2,1-7H3,(H,42,43,44)/t28-,29?,48?/m0/s1. The number of benzene rings is 2. The molecule has 2 aromatic heterocycles. The van der Waals surface area contributed by atoms with Crippen LogP contribution in [0.2, 0.25) is 0 Å². The number of anilines is 2. The van der Waals surface area contributed by atoms with Crippen molar-refractivity contribution in [2.75, 3.05) is 23.8 Å². The summed E-state index contributed by atoms with van der Waals surface area (Å²) in [4.78, 5) is 22.8. The van der Waals surface area contributed by atoms with Gasteiger partial charge in [0.2, 0.25) is 5.95 Å². The molecule has 2 unspecified atom stereocenters. The Bertz CT molecular complexity index is 1760. The van der Waals surface area contributed by atoms with Crippen molar-refractivity contribution in [2.24, 2.45) is 17.3 Å². The number of fused-ring (bicyclic) bond motifs is 4. The van der Waals surface area contributed by atoms with Crippen molar-refractivity contribution in [3.8, 4) is 17.0 Å². The number of hydrogen-bond donors (Lipinski definition) is 1. The van der Waals surface area contributed by atoms with E-state index in [1.54, 1.807) is 7.11 Å². The van der Waals surface area contributed by atoms with Crippen LogP contribution in [0.5, 0.6) is 5.75 Å². The first kappa shape index (κ1) is 34.0. The van der Waals surface area contributed by atoms with E-state index < -0.39 is 11.0 Å². The first-order valence-corrected chi connectivity index (χ1v) is 18.5. The predicted molar refractivity (Wildman–Crippen MR) is 195 cm³/mol. The van der Waals surface area contributed by atoms with Crippen molar-refractivity contribution in [2.45, 2.75) is 96.9 Å². The van der Waals surface area contributed by atoms with Gasteiger partial charge in [0, 0.05) is 24.8 Å². The Balaban J connectivity index is 1.44. The highest BCUT2D eigenvalue weighted by Gasteiger charge is 2.30. The summed E-state index contributed by atoms with van der Waals surface area (Å²) in [6, 6.07) is 14.9. The van der Waals surface area contributed by atoms with Crippen molar-refractivity contribution >= 4 is 22.8 Å². The lowest BCUT2D eigenvalue weighted by Crippen LogP contribution is -2.37. The summed E-state index contributed by atoms with van der Waals surface area (Å²) in [6.45, 7) is 11.2. The minimum Gasteiger partial charge on any atom is -0.493 e. The third kappa shape index (κ3) is 7.72. The molecule has 1 aliphatic carbocycles. The number of ether oxygens (including phenoxy) is 1. The fourth-order valence-corrected chi connectivity index (χ4v) is 8.26. The third-order valence-electron chi connectivity index (χ3n) is 10.1. The summed E-state index contributed by atoms with van der Waals surface area (Å²) < 4.78 is 23.0. The summed E-state index contributed by atoms with van der Waals surface area (Å²) in [7, 11) is 2.30. The Morgan fingerprint density at radius 2 is 1.73 bits per heavy atom. The maximum Gasteiger partial charge on any atom is 0.236 e. The Morgan fingerprint density at radius 1 is 0.979 bits per heavy atom. The van der Waals surface area contributed by atoms with Gasteiger partial charge in [-0.25, -0.2) is 19.2 Å². The molecule has 254 valence electrons. The number of rotatable bonds is 7. The van der Waals surface area contributed by atoms with Crippen LogP contribution in [-0.2, 0) is 30.2 Å². The molecule has 3 heterocycles. The fourth-order valence-electron chi connectivity index (χ4n) is 7.43. The topological polar surface area (TPSA) is 93.1 Å². The van der Waals surface area contributed by atoms with Crippen molar-refractivity contribution in [1.29, 1.82) is 0 Å². The van der Waals surface area contributed by atoms with Gasteiger partial charge in [-0.15, -0.1) is 0 Å². The van der Waals surface area contributed by atoms with Crippen LogP contribution in [0.1, 0.15) is 81.0 Å². The molecule has 2 aromatic carbocycles. The fraction of sp³-hybridized carbons (Fsp3) is 0.487. The molecule has 1 saturated carbocycles. The molecule has 48 heavy (non-hydrogen) atoms. The molecule has 1 fully saturated rings. The molecule has 1 N–H and O–H groups in total. The maximum atomic E-state index is 13.8. The van der Waals surface area contributed by atoms with Crippen LogP contribution in [0.25, 0.3) is 11.3 Å². The third-order valence-corrected chi connectivity index (χ3v) is 11.1. The molecule has 9 heteroatoms. The lowest BCUT2D eigenvalue weighted by Gasteiger charge is -2.36. The monoisotopic (exact) mass is 666 g/mol. The summed E-state index contributed by atoms with van der Waals surface area (Å²) in [5.74, 6) is 2.62. The van der Waals surface area contributed by atoms with Gasteiger partial charge >= 0.3 is 0 Å². The second-order valence-corrected chi connectivity index (χ2v) is 16.2. The number of hydrogen-bond acceptors (Lipinski definition) is 7. The summed E-state index contributed by atoms with van der Waals surface area (Å²) in [6.07, 6.45) is 11.9. The van der Waals surface area contributed by atoms with E-state index in [-0.39, 0.29) is 11.3 Å². The minimum atomic E-state index is -1.55. The quantitative estimate of drug-likeness (QED) is 0.213. The molecule has 3 atom stereocenters. The molecule has 0 saturated heterocycles. The molecule has 4 aromatic rings. The molecular weight excluding hydrogens is 617 g/mol. The Labute approximate surface area is 288 Å². The van der Waals surface area contributed by atoms with Crippen LogP contribution >= 0.6 is 0 Å². The van der Waals surface area contributed by atoms with Crippen LogP contribution in [0, 0.1) is 31.1 Å². The van der Waals surface area contributed by atoms with Gasteiger partial charge < -0.3 is 9.64 Å². The van der Waals surface area contributed by atoms with Gasteiger partial charge in [-0.05, 0) is 111 Å². The predicted octanol–water partition coefficient (Wildman–Crippen LogP) is 8.08. The van der Waals surface area contributed by atoms with Gasteiger partial charge in [-0.3, -0.25) is 9.71 Å². The molecule has 2 aliphatic rings. The van der Waals surface area contributed by atoms with Crippen molar-refractivity contribution in [3.05, 3.63) is 82.9 Å². The average Bonchev–Trinajstić information content (AvgIpc) is 3.01. The molecule has 4 bridgehead atoms. The number of aryl methyl sites for hydroxylation is 3. The zero-order valence-corrected chi connectivity index (χ0v) is 30.4. The van der Waals surface area contributed by atoms with Crippen molar-refractivity contribution in [3.63, 3.8) is 0 Å². The lowest BCUT2D eigenvalue weighted by atomic mass is 9.73. The number of aromatic nitrogens is 4. The zero-order chi connectivity index (χ0) is 34.0.